The van der Waals surface area contributed by atoms with Crippen LogP contribution in [0.2, 0.25) is 0 Å². The van der Waals surface area contributed by atoms with Crippen LogP contribution in [0.5, 0.6) is 0 Å². The molecule has 1 saturated heterocycles. The number of hydrogen-bond donors (Lipinski definition) is 1. The molecule has 0 aliphatic carbocycles. The lowest BCUT2D eigenvalue weighted by atomic mass is 10.0. The Balaban J connectivity index is 2.06. The van der Waals surface area contributed by atoms with Gasteiger partial charge in [-0.15, -0.1) is 0 Å². The van der Waals surface area contributed by atoms with E-state index in [1.807, 2.05) is 0 Å². The van der Waals surface area contributed by atoms with Crippen LogP contribution in [0.25, 0.3) is 0 Å². The van der Waals surface area contributed by atoms with Crippen LogP contribution in [0, 0.1) is 0 Å². The lowest BCUT2D eigenvalue weighted by Gasteiger charge is -2.30. The summed E-state index contributed by atoms with van der Waals surface area (Å²) in [5.41, 5.74) is 2.83. The summed E-state index contributed by atoms with van der Waals surface area (Å²) in [6, 6.07) is 9.42. The summed E-state index contributed by atoms with van der Waals surface area (Å²) in [6.45, 7) is 4.60. The van der Waals surface area contributed by atoms with Crippen LogP contribution >= 0.6 is 11.8 Å². The molecule has 1 nitrogen and oxygen atoms in total. The van der Waals surface area contributed by atoms with Crippen LogP contribution in [0.15, 0.2) is 24.3 Å². The first-order chi connectivity index (χ1) is 8.31. The monoisotopic (exact) mass is 249 g/mol. The number of thioether (sulfide) groups is 1. The van der Waals surface area contributed by atoms with Crippen LogP contribution in [0.4, 0.5) is 5.69 Å². The first-order valence-corrected chi connectivity index (χ1v) is 7.82. The third-order valence-electron chi connectivity index (χ3n) is 3.48. The number of anilines is 1. The van der Waals surface area contributed by atoms with E-state index in [4.69, 9.17) is 0 Å². The largest absolute Gasteiger partial charge is 0.381 e. The van der Waals surface area contributed by atoms with Crippen LogP contribution in [0.1, 0.15) is 38.7 Å². The number of benzene rings is 1. The number of rotatable bonds is 4. The van der Waals surface area contributed by atoms with E-state index in [0.29, 0.717) is 6.04 Å². The number of aryl methyl sites for hydroxylation is 1. The second kappa shape index (κ2) is 6.34. The molecule has 17 heavy (non-hydrogen) atoms. The maximum Gasteiger partial charge on any atom is 0.0377 e. The van der Waals surface area contributed by atoms with Crippen LogP contribution < -0.4 is 5.32 Å². The average Bonchev–Trinajstić information content (AvgIpc) is 2.35. The summed E-state index contributed by atoms with van der Waals surface area (Å²) in [7, 11) is 0. The van der Waals surface area contributed by atoms with Gasteiger partial charge in [-0.2, -0.15) is 11.8 Å². The highest BCUT2D eigenvalue weighted by molar-refractivity contribution is 8.00. The summed E-state index contributed by atoms with van der Waals surface area (Å²) in [5.74, 6) is 1.33. The minimum Gasteiger partial charge on any atom is -0.381 e. The van der Waals surface area contributed by atoms with Gasteiger partial charge < -0.3 is 5.32 Å². The van der Waals surface area contributed by atoms with Crippen molar-refractivity contribution in [1.29, 1.82) is 0 Å². The molecule has 1 fully saturated rings. The van der Waals surface area contributed by atoms with Crippen molar-refractivity contribution in [2.24, 2.45) is 0 Å². The number of hydrogen-bond acceptors (Lipinski definition) is 2. The molecule has 0 spiro atoms. The normalized spacial score (nSPS) is 24.6. The topological polar surface area (TPSA) is 12.0 Å². The first kappa shape index (κ1) is 12.8. The molecular formula is C15H23NS. The highest BCUT2D eigenvalue weighted by atomic mass is 32.2. The van der Waals surface area contributed by atoms with Crippen LogP contribution in [0.3, 0.4) is 0 Å². The lowest BCUT2D eigenvalue weighted by molar-refractivity contribution is 0.616. The zero-order valence-electron chi connectivity index (χ0n) is 10.9. The smallest absolute Gasteiger partial charge is 0.0377 e. The minimum atomic E-state index is 0.645. The molecule has 1 aromatic rings. The third-order valence-corrected chi connectivity index (χ3v) is 4.86. The molecule has 2 heteroatoms. The van der Waals surface area contributed by atoms with Gasteiger partial charge in [0.2, 0.25) is 0 Å². The van der Waals surface area contributed by atoms with Crippen molar-refractivity contribution in [1.82, 2.24) is 0 Å². The molecule has 1 N–H and O–H groups in total. The Bertz CT molecular complexity index is 351. The van der Waals surface area contributed by atoms with Gasteiger partial charge in [0.1, 0.15) is 0 Å². The fourth-order valence-corrected chi connectivity index (χ4v) is 3.60. The quantitative estimate of drug-likeness (QED) is 0.852. The average molecular weight is 249 g/mol. The van der Waals surface area contributed by atoms with E-state index >= 15 is 0 Å². The summed E-state index contributed by atoms with van der Waals surface area (Å²) < 4.78 is 0. The van der Waals surface area contributed by atoms with Gasteiger partial charge in [-0.25, -0.2) is 0 Å². The van der Waals surface area contributed by atoms with E-state index < -0.39 is 0 Å². The van der Waals surface area contributed by atoms with Gasteiger partial charge in [0, 0.05) is 17.0 Å². The fourth-order valence-electron chi connectivity index (χ4n) is 2.46. The van der Waals surface area contributed by atoms with Crippen LogP contribution in [-0.2, 0) is 6.42 Å². The van der Waals surface area contributed by atoms with Crippen molar-refractivity contribution in [2.75, 3.05) is 11.1 Å². The Labute approximate surface area is 109 Å². The van der Waals surface area contributed by atoms with E-state index in [9.17, 15) is 0 Å². The van der Waals surface area contributed by atoms with Gasteiger partial charge in [0.05, 0.1) is 0 Å². The van der Waals surface area contributed by atoms with Gasteiger partial charge in [-0.3, -0.25) is 0 Å². The molecule has 2 rings (SSSR count). The molecule has 2 unspecified atom stereocenters. The van der Waals surface area contributed by atoms with Crippen LogP contribution in [-0.4, -0.2) is 17.0 Å². The Morgan fingerprint density at radius 3 is 2.94 bits per heavy atom. The molecule has 1 aromatic carbocycles. The summed E-state index contributed by atoms with van der Waals surface area (Å²) in [4.78, 5) is 0. The maximum atomic E-state index is 3.76. The Morgan fingerprint density at radius 2 is 2.18 bits per heavy atom. The van der Waals surface area contributed by atoms with E-state index in [1.165, 1.54) is 42.7 Å². The SMILES string of the molecule is CCCc1ccccc1NC1CCCSC1C. The van der Waals surface area contributed by atoms with E-state index in [1.54, 1.807) is 0 Å². The molecule has 0 radical (unpaired) electrons. The molecule has 2 atom stereocenters. The fraction of sp³-hybridized carbons (Fsp3) is 0.600. The molecule has 1 aliphatic rings. The van der Waals surface area contributed by atoms with Gasteiger partial charge in [-0.1, -0.05) is 38.5 Å². The van der Waals surface area contributed by atoms with E-state index in [0.717, 1.165) is 5.25 Å². The van der Waals surface area contributed by atoms with Crippen molar-refractivity contribution in [2.45, 2.75) is 50.8 Å². The molecule has 0 saturated carbocycles. The van der Waals surface area contributed by atoms with Gasteiger partial charge in [-0.05, 0) is 36.6 Å². The predicted octanol–water partition coefficient (Wildman–Crippen LogP) is 4.34. The van der Waals surface area contributed by atoms with Gasteiger partial charge >= 0.3 is 0 Å². The Morgan fingerprint density at radius 1 is 1.35 bits per heavy atom. The zero-order valence-corrected chi connectivity index (χ0v) is 11.7. The highest BCUT2D eigenvalue weighted by Crippen LogP contribution is 2.29. The molecule has 1 heterocycles. The van der Waals surface area contributed by atoms with Crippen molar-refractivity contribution >= 4 is 17.4 Å². The van der Waals surface area contributed by atoms with Gasteiger partial charge in [0.25, 0.3) is 0 Å². The van der Waals surface area contributed by atoms with E-state index in [2.05, 4.69) is 55.2 Å². The predicted molar refractivity (Wildman–Crippen MR) is 79.0 cm³/mol. The molecule has 0 bridgehead atoms. The van der Waals surface area contributed by atoms with Crippen molar-refractivity contribution in [3.63, 3.8) is 0 Å². The molecule has 0 aromatic heterocycles. The lowest BCUT2D eigenvalue weighted by Crippen LogP contribution is -2.33. The van der Waals surface area contributed by atoms with Crippen molar-refractivity contribution in [3.8, 4) is 0 Å². The molecule has 1 aliphatic heterocycles. The Kier molecular flexibility index (Phi) is 4.78. The standard InChI is InChI=1S/C15H23NS/c1-3-7-13-8-4-5-9-15(13)16-14-10-6-11-17-12(14)2/h4-5,8-9,12,14,16H,3,6-7,10-11H2,1-2H3. The minimum absolute atomic E-state index is 0.645. The highest BCUT2D eigenvalue weighted by Gasteiger charge is 2.21. The summed E-state index contributed by atoms with van der Waals surface area (Å²) in [6.07, 6.45) is 5.06. The maximum absolute atomic E-state index is 3.76. The van der Waals surface area contributed by atoms with Gasteiger partial charge in [0.15, 0.2) is 0 Å². The second-order valence-corrected chi connectivity index (χ2v) is 6.36. The van der Waals surface area contributed by atoms with Crippen molar-refractivity contribution < 1.29 is 0 Å². The number of nitrogens with one attached hydrogen (secondary N) is 1. The molecule has 94 valence electrons. The summed E-state index contributed by atoms with van der Waals surface area (Å²) >= 11 is 2.10. The van der Waals surface area contributed by atoms with Crippen molar-refractivity contribution in [3.05, 3.63) is 29.8 Å². The molecule has 0 amide bonds. The third kappa shape index (κ3) is 3.41. The first-order valence-electron chi connectivity index (χ1n) is 6.77. The Hall–Kier alpha value is -0.630. The second-order valence-electron chi connectivity index (χ2n) is 4.88. The zero-order chi connectivity index (χ0) is 12.1. The van der Waals surface area contributed by atoms with E-state index in [-0.39, 0.29) is 0 Å². The summed E-state index contributed by atoms with van der Waals surface area (Å²) in [5, 5.41) is 4.50. The molecular weight excluding hydrogens is 226 g/mol. The number of para-hydroxylation sites is 1.